The van der Waals surface area contributed by atoms with Crippen molar-refractivity contribution in [3.8, 4) is 17.0 Å². The molecule has 5 aromatic rings. The summed E-state index contributed by atoms with van der Waals surface area (Å²) in [6.07, 6.45) is 4.65. The van der Waals surface area contributed by atoms with Crippen molar-refractivity contribution in [3.63, 3.8) is 0 Å². The van der Waals surface area contributed by atoms with E-state index in [1.54, 1.807) is 24.4 Å². The Morgan fingerprint density at radius 1 is 1.10 bits per heavy atom. The zero-order valence-corrected chi connectivity index (χ0v) is 23.7. The minimum atomic E-state index is -0.294. The van der Waals surface area contributed by atoms with Crippen LogP contribution in [0, 0.1) is 6.92 Å². The molecule has 216 valence electrons. The molecule has 1 saturated heterocycles. The van der Waals surface area contributed by atoms with Crippen molar-refractivity contribution in [2.75, 3.05) is 31.2 Å². The number of amides is 1. The second kappa shape index (κ2) is 11.9. The second-order valence-electron chi connectivity index (χ2n) is 10.5. The monoisotopic (exact) mass is 566 g/mol. The van der Waals surface area contributed by atoms with Crippen molar-refractivity contribution in [3.05, 3.63) is 90.1 Å². The predicted molar refractivity (Wildman–Crippen MR) is 161 cm³/mol. The van der Waals surface area contributed by atoms with Crippen LogP contribution in [0.2, 0.25) is 0 Å². The Kier molecular flexibility index (Phi) is 7.68. The molecular weight excluding hydrogens is 532 g/mol. The highest BCUT2D eigenvalue weighted by atomic mass is 16.6. The van der Waals surface area contributed by atoms with E-state index in [9.17, 15) is 4.79 Å². The Balaban J connectivity index is 1.20. The topological polar surface area (TPSA) is 121 Å². The van der Waals surface area contributed by atoms with Gasteiger partial charge in [-0.3, -0.25) is 9.67 Å². The molecule has 0 bridgehead atoms. The number of ether oxygens (including phenoxy) is 2. The van der Waals surface area contributed by atoms with Gasteiger partial charge in [-0.05, 0) is 49.6 Å². The van der Waals surface area contributed by atoms with E-state index in [0.29, 0.717) is 31.1 Å². The summed E-state index contributed by atoms with van der Waals surface area (Å²) in [4.78, 5) is 18.8. The largest absolute Gasteiger partial charge is 0.495 e. The lowest BCUT2D eigenvalue weighted by atomic mass is 10.0. The van der Waals surface area contributed by atoms with Crippen LogP contribution in [-0.2, 0) is 17.9 Å². The third-order valence-electron chi connectivity index (χ3n) is 7.64. The lowest BCUT2D eigenvalue weighted by Gasteiger charge is -2.31. The first-order chi connectivity index (χ1) is 20.5. The summed E-state index contributed by atoms with van der Waals surface area (Å²) < 4.78 is 19.0. The van der Waals surface area contributed by atoms with Gasteiger partial charge in [0.25, 0.3) is 0 Å². The molecule has 1 aliphatic rings. The fraction of sp³-hybridized carbons (Fsp3) is 0.281. The highest BCUT2D eigenvalue weighted by Gasteiger charge is 2.28. The average molecular weight is 567 g/mol. The van der Waals surface area contributed by atoms with Crippen molar-refractivity contribution in [2.45, 2.75) is 39.0 Å². The number of benzene rings is 2. The number of nitrogens with two attached hydrogens (primary N) is 1. The SMILES string of the molecule is COc1cc(-c2nn(C3CCN(C(=O)OCc4ccccc4)CC3)c3cncc(N)c23)ccc1NCc1ccc(C)o1. The predicted octanol–water partition coefficient (Wildman–Crippen LogP) is 6.18. The second-order valence-corrected chi connectivity index (χ2v) is 10.5. The number of aromatic nitrogens is 3. The molecule has 1 fully saturated rings. The van der Waals surface area contributed by atoms with Crippen LogP contribution >= 0.6 is 0 Å². The zero-order valence-electron chi connectivity index (χ0n) is 23.7. The third-order valence-corrected chi connectivity index (χ3v) is 7.64. The Morgan fingerprint density at radius 3 is 2.64 bits per heavy atom. The van der Waals surface area contributed by atoms with Crippen LogP contribution < -0.4 is 15.8 Å². The van der Waals surface area contributed by atoms with Gasteiger partial charge in [0.1, 0.15) is 29.6 Å². The van der Waals surface area contributed by atoms with Gasteiger partial charge in [0.05, 0.1) is 54.4 Å². The number of fused-ring (bicyclic) bond motifs is 1. The van der Waals surface area contributed by atoms with E-state index in [4.69, 9.17) is 24.7 Å². The van der Waals surface area contributed by atoms with Crippen molar-refractivity contribution >= 4 is 28.4 Å². The summed E-state index contributed by atoms with van der Waals surface area (Å²) in [5, 5.41) is 9.30. The molecular formula is C32H34N6O4. The minimum Gasteiger partial charge on any atom is -0.495 e. The molecule has 0 saturated carbocycles. The van der Waals surface area contributed by atoms with Crippen LogP contribution in [0.4, 0.5) is 16.2 Å². The molecule has 0 aliphatic carbocycles. The molecule has 3 aromatic heterocycles. The Bertz CT molecular complexity index is 1690. The number of nitrogens with one attached hydrogen (secondary N) is 1. The van der Waals surface area contributed by atoms with Crippen molar-refractivity contribution in [2.24, 2.45) is 0 Å². The summed E-state index contributed by atoms with van der Waals surface area (Å²) in [5.74, 6) is 2.41. The number of hydrogen-bond acceptors (Lipinski definition) is 8. The van der Waals surface area contributed by atoms with Gasteiger partial charge >= 0.3 is 6.09 Å². The summed E-state index contributed by atoms with van der Waals surface area (Å²) in [6, 6.07) is 19.6. The fourth-order valence-electron chi connectivity index (χ4n) is 5.44. The number of aryl methyl sites for hydroxylation is 1. The van der Waals surface area contributed by atoms with Gasteiger partial charge in [0.15, 0.2) is 0 Å². The van der Waals surface area contributed by atoms with Gasteiger partial charge in [-0.1, -0.05) is 36.4 Å². The molecule has 0 spiro atoms. The quantitative estimate of drug-likeness (QED) is 0.229. The fourth-order valence-corrected chi connectivity index (χ4v) is 5.44. The van der Waals surface area contributed by atoms with E-state index >= 15 is 0 Å². The first-order valence-electron chi connectivity index (χ1n) is 14.0. The molecule has 1 aliphatic heterocycles. The number of nitrogen functional groups attached to an aromatic ring is 1. The number of carbonyl (C=O) groups is 1. The van der Waals surface area contributed by atoms with Crippen LogP contribution in [0.1, 0.15) is 36.0 Å². The number of carbonyl (C=O) groups excluding carboxylic acids is 1. The molecule has 0 unspecified atom stereocenters. The number of likely N-dealkylation sites (tertiary alicyclic amines) is 1. The maximum absolute atomic E-state index is 12.7. The standard InChI is InChI=1S/C32H34N6O4/c1-21-8-10-25(42-21)17-35-27-11-9-23(16-29(27)40-2)31-30-26(33)18-34-19-28(30)38(36-31)24-12-14-37(15-13-24)32(39)41-20-22-6-4-3-5-7-22/h3-11,16,18-19,24,35H,12-15,17,20,33H2,1-2H3. The number of methoxy groups -OCH3 is 1. The normalized spacial score (nSPS) is 13.8. The lowest BCUT2D eigenvalue weighted by Crippen LogP contribution is -2.39. The van der Waals surface area contributed by atoms with Gasteiger partial charge in [0, 0.05) is 18.7 Å². The highest BCUT2D eigenvalue weighted by molar-refractivity contribution is 6.01. The van der Waals surface area contributed by atoms with Gasteiger partial charge in [0.2, 0.25) is 0 Å². The molecule has 3 N–H and O–H groups in total. The molecule has 10 nitrogen and oxygen atoms in total. The van der Waals surface area contributed by atoms with E-state index in [1.165, 1.54) is 0 Å². The Hall–Kier alpha value is -4.99. The van der Waals surface area contributed by atoms with Crippen LogP contribution in [0.5, 0.6) is 5.75 Å². The minimum absolute atomic E-state index is 0.0858. The van der Waals surface area contributed by atoms with Crippen LogP contribution in [0.15, 0.2) is 77.5 Å². The average Bonchev–Trinajstić information content (AvgIpc) is 3.63. The van der Waals surface area contributed by atoms with Gasteiger partial charge < -0.3 is 29.8 Å². The maximum Gasteiger partial charge on any atom is 0.410 e. The summed E-state index contributed by atoms with van der Waals surface area (Å²) in [6.45, 7) is 3.88. The molecule has 2 aromatic carbocycles. The number of rotatable bonds is 8. The summed E-state index contributed by atoms with van der Waals surface area (Å²) in [7, 11) is 1.65. The van der Waals surface area contributed by atoms with Crippen LogP contribution in [0.25, 0.3) is 22.2 Å². The van der Waals surface area contributed by atoms with Gasteiger partial charge in [-0.2, -0.15) is 5.10 Å². The van der Waals surface area contributed by atoms with Crippen LogP contribution in [-0.4, -0.2) is 46.0 Å². The Morgan fingerprint density at radius 2 is 1.90 bits per heavy atom. The molecule has 42 heavy (non-hydrogen) atoms. The van der Waals surface area contributed by atoms with Crippen molar-refractivity contribution in [1.29, 1.82) is 0 Å². The van der Waals surface area contributed by atoms with E-state index in [2.05, 4.69) is 10.3 Å². The lowest BCUT2D eigenvalue weighted by molar-refractivity contribution is 0.0825. The van der Waals surface area contributed by atoms with E-state index in [-0.39, 0.29) is 18.7 Å². The highest BCUT2D eigenvalue weighted by Crippen LogP contribution is 2.38. The van der Waals surface area contributed by atoms with Gasteiger partial charge in [-0.15, -0.1) is 0 Å². The Labute approximate surface area is 244 Å². The molecule has 1 amide bonds. The number of anilines is 2. The molecule has 4 heterocycles. The molecule has 0 radical (unpaired) electrons. The van der Waals surface area contributed by atoms with E-state index in [1.807, 2.05) is 72.3 Å². The summed E-state index contributed by atoms with van der Waals surface area (Å²) >= 11 is 0. The third kappa shape index (κ3) is 5.60. The van der Waals surface area contributed by atoms with Crippen molar-refractivity contribution in [1.82, 2.24) is 19.7 Å². The smallest absolute Gasteiger partial charge is 0.410 e. The number of hydrogen-bond donors (Lipinski definition) is 2. The number of nitrogens with zero attached hydrogens (tertiary/aromatic N) is 4. The first-order valence-corrected chi connectivity index (χ1v) is 14.0. The maximum atomic E-state index is 12.7. The summed E-state index contributed by atoms with van der Waals surface area (Å²) in [5.41, 5.74) is 11.3. The number of furan rings is 1. The van der Waals surface area contributed by atoms with E-state index in [0.717, 1.165) is 57.8 Å². The molecule has 0 atom stereocenters. The van der Waals surface area contributed by atoms with Crippen LogP contribution in [0.3, 0.4) is 0 Å². The first kappa shape index (κ1) is 27.2. The van der Waals surface area contributed by atoms with Crippen molar-refractivity contribution < 1.29 is 18.7 Å². The van der Waals surface area contributed by atoms with E-state index < -0.39 is 0 Å². The zero-order chi connectivity index (χ0) is 29.1. The molecule has 10 heteroatoms. The van der Waals surface area contributed by atoms with Gasteiger partial charge in [-0.25, -0.2) is 4.79 Å². The number of pyridine rings is 1. The molecule has 6 rings (SSSR count). The number of piperidine rings is 1.